The molecule has 0 aliphatic carbocycles. The molecule has 8 nitrogen and oxygen atoms in total. The van der Waals surface area contributed by atoms with Crippen molar-refractivity contribution in [3.05, 3.63) is 60.2 Å². The second-order valence-corrected chi connectivity index (χ2v) is 11.2. The van der Waals surface area contributed by atoms with E-state index < -0.39 is 29.8 Å². The van der Waals surface area contributed by atoms with Crippen LogP contribution in [0.1, 0.15) is 45.6 Å². The van der Waals surface area contributed by atoms with Gasteiger partial charge in [-0.05, 0) is 65.4 Å². The van der Waals surface area contributed by atoms with Crippen molar-refractivity contribution in [1.29, 1.82) is 0 Å². The van der Waals surface area contributed by atoms with E-state index >= 15 is 0 Å². The summed E-state index contributed by atoms with van der Waals surface area (Å²) in [5.74, 6) is -0.382. The molecule has 1 amide bonds. The van der Waals surface area contributed by atoms with E-state index in [-0.39, 0.29) is 18.5 Å². The Morgan fingerprint density at radius 3 is 2.30 bits per heavy atom. The van der Waals surface area contributed by atoms with Crippen molar-refractivity contribution in [3.63, 3.8) is 0 Å². The highest BCUT2D eigenvalue weighted by Gasteiger charge is 2.43. The third kappa shape index (κ3) is 6.01. The van der Waals surface area contributed by atoms with Crippen molar-refractivity contribution in [3.8, 4) is 5.75 Å². The van der Waals surface area contributed by atoms with Crippen LogP contribution >= 0.6 is 0 Å². The number of piperidine rings is 1. The van der Waals surface area contributed by atoms with E-state index in [2.05, 4.69) is 60.3 Å². The highest BCUT2D eigenvalue weighted by molar-refractivity contribution is 5.81. The molecule has 0 saturated carbocycles. The van der Waals surface area contributed by atoms with E-state index in [1.54, 1.807) is 20.8 Å². The van der Waals surface area contributed by atoms with Crippen LogP contribution in [0.3, 0.4) is 0 Å². The Labute approximate surface area is 219 Å². The number of hydrogen-bond acceptors (Lipinski definition) is 6. The summed E-state index contributed by atoms with van der Waals surface area (Å²) in [4.78, 5) is 30.4. The van der Waals surface area contributed by atoms with Gasteiger partial charge in [-0.1, -0.05) is 36.4 Å². The molecule has 2 heterocycles. The fourth-order valence-electron chi connectivity index (χ4n) is 5.46. The Balaban J connectivity index is 1.43. The van der Waals surface area contributed by atoms with E-state index in [0.29, 0.717) is 5.75 Å². The number of ether oxygens (including phenoxy) is 2. The van der Waals surface area contributed by atoms with Crippen LogP contribution in [0.4, 0.5) is 10.5 Å². The van der Waals surface area contributed by atoms with Gasteiger partial charge in [-0.25, -0.2) is 9.59 Å². The average Bonchev–Trinajstić information content (AvgIpc) is 3.28. The number of carboxylic acid groups (broad SMARTS) is 1. The molecule has 2 aliphatic heterocycles. The zero-order chi connectivity index (χ0) is 26.8. The van der Waals surface area contributed by atoms with Crippen LogP contribution in [0.5, 0.6) is 5.75 Å². The summed E-state index contributed by atoms with van der Waals surface area (Å²) in [5, 5.41) is 9.68. The highest BCUT2D eigenvalue weighted by atomic mass is 16.6. The third-order valence-corrected chi connectivity index (χ3v) is 7.42. The molecule has 2 aliphatic rings. The Morgan fingerprint density at radius 2 is 1.70 bits per heavy atom. The van der Waals surface area contributed by atoms with Gasteiger partial charge < -0.3 is 19.5 Å². The number of likely N-dealkylation sites (tertiary alicyclic amines) is 1. The molecule has 0 bridgehead atoms. The van der Waals surface area contributed by atoms with Gasteiger partial charge >= 0.3 is 12.1 Å². The Bertz CT molecular complexity index is 1090. The summed E-state index contributed by atoms with van der Waals surface area (Å²) >= 11 is 0. The van der Waals surface area contributed by atoms with Crippen LogP contribution in [0.15, 0.2) is 54.6 Å². The second kappa shape index (κ2) is 10.6. The maximum Gasteiger partial charge on any atom is 0.411 e. The molecule has 2 fully saturated rings. The lowest BCUT2D eigenvalue weighted by atomic mass is 9.79. The zero-order valence-electron chi connectivity index (χ0n) is 22.5. The van der Waals surface area contributed by atoms with Crippen molar-refractivity contribution in [1.82, 2.24) is 9.80 Å². The van der Waals surface area contributed by atoms with Gasteiger partial charge in [0.25, 0.3) is 0 Å². The van der Waals surface area contributed by atoms with Gasteiger partial charge in [-0.3, -0.25) is 9.80 Å². The van der Waals surface area contributed by atoms with E-state index in [9.17, 15) is 14.7 Å². The number of carboxylic acids is 1. The van der Waals surface area contributed by atoms with Crippen LogP contribution in [0.2, 0.25) is 0 Å². The molecule has 8 heteroatoms. The molecule has 0 radical (unpaired) electrons. The quantitative estimate of drug-likeness (QED) is 0.610. The standard InChI is InChI=1S/C29H39N3O5/c1-28(2,3)37-27(35)32-20-24(19-25(32)26(33)34)36-23-13-9-12-22(18-23)31-16-14-29(15-17-31,30(4)5)21-10-7-6-8-11-21/h6-13,18,24-25H,14-17,19-20H2,1-5H3,(H,33,34)/t24-,25-/m0/s1. The number of benzene rings is 2. The maximum atomic E-state index is 12.6. The molecule has 2 saturated heterocycles. The molecule has 37 heavy (non-hydrogen) atoms. The summed E-state index contributed by atoms with van der Waals surface area (Å²) in [6.07, 6.45) is 1.16. The van der Waals surface area contributed by atoms with Crippen LogP contribution in [-0.2, 0) is 15.1 Å². The van der Waals surface area contributed by atoms with Gasteiger partial charge in [-0.2, -0.15) is 0 Å². The largest absolute Gasteiger partial charge is 0.488 e. The molecule has 200 valence electrons. The molecule has 4 rings (SSSR count). The summed E-state index contributed by atoms with van der Waals surface area (Å²) < 4.78 is 11.6. The minimum absolute atomic E-state index is 0.00663. The van der Waals surface area contributed by atoms with Crippen LogP contribution in [0, 0.1) is 0 Å². The second-order valence-electron chi connectivity index (χ2n) is 11.2. The molecule has 0 unspecified atom stereocenters. The SMILES string of the molecule is CN(C)C1(c2ccccc2)CCN(c2cccc(O[C@H]3C[C@@H](C(=O)O)N(C(=O)OC(C)(C)C)C3)c2)CC1. The van der Waals surface area contributed by atoms with Crippen molar-refractivity contribution >= 4 is 17.7 Å². The number of nitrogens with zero attached hydrogens (tertiary/aromatic N) is 3. The number of amides is 1. The lowest BCUT2D eigenvalue weighted by Crippen LogP contribution is -2.50. The molecule has 2 aromatic rings. The van der Waals surface area contributed by atoms with E-state index in [0.717, 1.165) is 31.6 Å². The van der Waals surface area contributed by atoms with Crippen molar-refractivity contribution in [2.75, 3.05) is 38.6 Å². The van der Waals surface area contributed by atoms with Gasteiger partial charge in [0.15, 0.2) is 0 Å². The lowest BCUT2D eigenvalue weighted by Gasteiger charge is -2.47. The van der Waals surface area contributed by atoms with Crippen LogP contribution < -0.4 is 9.64 Å². The van der Waals surface area contributed by atoms with Crippen LogP contribution in [0.25, 0.3) is 0 Å². The zero-order valence-corrected chi connectivity index (χ0v) is 22.5. The minimum Gasteiger partial charge on any atom is -0.488 e. The molecular weight excluding hydrogens is 470 g/mol. The summed E-state index contributed by atoms with van der Waals surface area (Å²) in [6.45, 7) is 7.28. The van der Waals surface area contributed by atoms with Gasteiger partial charge in [-0.15, -0.1) is 0 Å². The highest BCUT2D eigenvalue weighted by Crippen LogP contribution is 2.39. The normalized spacial score (nSPS) is 21.7. The van der Waals surface area contributed by atoms with Gasteiger partial charge in [0.1, 0.15) is 23.5 Å². The van der Waals surface area contributed by atoms with Crippen molar-refractivity contribution in [2.24, 2.45) is 0 Å². The Hall–Kier alpha value is -3.26. The first-order chi connectivity index (χ1) is 17.5. The topological polar surface area (TPSA) is 82.6 Å². The first-order valence-corrected chi connectivity index (χ1v) is 13.0. The van der Waals surface area contributed by atoms with Gasteiger partial charge in [0.2, 0.25) is 0 Å². The predicted molar refractivity (Wildman–Crippen MR) is 143 cm³/mol. The Kier molecular flexibility index (Phi) is 7.69. The summed E-state index contributed by atoms with van der Waals surface area (Å²) in [7, 11) is 4.31. The average molecular weight is 510 g/mol. The summed E-state index contributed by atoms with van der Waals surface area (Å²) in [5.41, 5.74) is 1.73. The first kappa shape index (κ1) is 26.8. The molecule has 2 atom stereocenters. The molecule has 2 aromatic carbocycles. The molecule has 0 spiro atoms. The smallest absolute Gasteiger partial charge is 0.411 e. The van der Waals surface area contributed by atoms with Crippen LogP contribution in [-0.4, -0.2) is 78.4 Å². The van der Waals surface area contributed by atoms with Crippen molar-refractivity contribution < 1.29 is 24.2 Å². The van der Waals surface area contributed by atoms with E-state index in [1.165, 1.54) is 10.5 Å². The van der Waals surface area contributed by atoms with Gasteiger partial charge in [0, 0.05) is 36.8 Å². The number of hydrogen-bond donors (Lipinski definition) is 1. The lowest BCUT2D eigenvalue weighted by molar-refractivity contribution is -0.142. The number of carbonyl (C=O) groups is 2. The fraction of sp³-hybridized carbons (Fsp3) is 0.517. The fourth-order valence-corrected chi connectivity index (χ4v) is 5.46. The Morgan fingerprint density at radius 1 is 1.03 bits per heavy atom. The number of carbonyl (C=O) groups excluding carboxylic acids is 1. The maximum absolute atomic E-state index is 12.6. The van der Waals surface area contributed by atoms with Gasteiger partial charge in [0.05, 0.1) is 6.54 Å². The first-order valence-electron chi connectivity index (χ1n) is 13.0. The number of rotatable bonds is 6. The van der Waals surface area contributed by atoms with Crippen molar-refractivity contribution in [2.45, 2.75) is 63.3 Å². The van der Waals surface area contributed by atoms with E-state index in [1.807, 2.05) is 18.2 Å². The number of aliphatic carboxylic acids is 1. The third-order valence-electron chi connectivity index (χ3n) is 7.42. The monoisotopic (exact) mass is 509 g/mol. The molecular formula is C29H39N3O5. The minimum atomic E-state index is -1.05. The van der Waals surface area contributed by atoms with E-state index in [4.69, 9.17) is 9.47 Å². The molecule has 1 N–H and O–H groups in total. The molecule has 0 aromatic heterocycles. The number of anilines is 1. The summed E-state index contributed by atoms with van der Waals surface area (Å²) in [6, 6.07) is 17.7. The predicted octanol–water partition coefficient (Wildman–Crippen LogP) is 4.59.